The van der Waals surface area contributed by atoms with Crippen LogP contribution in [-0.4, -0.2) is 51.4 Å². The standard InChI is InChI=1S/C32H31F4N5O4/c1-2-22-7-5-6-14-40(22)27-13-10-19(30(44)37-24-12-11-21(33)15-20(24)17-28(42)43)16-25(27)38-31(45)29-23-8-3-4-9-26(23)41(39-29)18-32(34,35)36/h3-4,8-13,15-16,22H,2,5-7,14,17-18H2,1H3,(H,37,44)(H,38,45)(H,42,43). The van der Waals surface area contributed by atoms with E-state index in [-0.39, 0.29) is 45.1 Å². The third-order valence-electron chi connectivity index (χ3n) is 7.77. The first-order valence-corrected chi connectivity index (χ1v) is 14.5. The molecule has 5 rings (SSSR count). The van der Waals surface area contributed by atoms with Gasteiger partial charge in [0, 0.05) is 29.2 Å². The molecule has 13 heteroatoms. The minimum absolute atomic E-state index is 0.0708. The number of para-hydroxylation sites is 1. The van der Waals surface area contributed by atoms with Crippen molar-refractivity contribution in [3.63, 3.8) is 0 Å². The van der Waals surface area contributed by atoms with Gasteiger partial charge in [-0.15, -0.1) is 0 Å². The number of nitrogens with one attached hydrogen (secondary N) is 2. The lowest BCUT2D eigenvalue weighted by atomic mass is 9.98. The number of aromatic nitrogens is 2. The number of alkyl halides is 3. The number of amides is 2. The lowest BCUT2D eigenvalue weighted by Gasteiger charge is -2.38. The molecule has 3 N–H and O–H groups in total. The molecule has 9 nitrogen and oxygen atoms in total. The van der Waals surface area contributed by atoms with Crippen molar-refractivity contribution in [2.75, 3.05) is 22.1 Å². The van der Waals surface area contributed by atoms with E-state index in [0.29, 0.717) is 12.2 Å². The van der Waals surface area contributed by atoms with Gasteiger partial charge in [-0.3, -0.25) is 19.1 Å². The highest BCUT2D eigenvalue weighted by Crippen LogP contribution is 2.35. The zero-order valence-corrected chi connectivity index (χ0v) is 24.3. The van der Waals surface area contributed by atoms with Gasteiger partial charge in [0.05, 0.1) is 23.3 Å². The summed E-state index contributed by atoms with van der Waals surface area (Å²) >= 11 is 0. The summed E-state index contributed by atoms with van der Waals surface area (Å²) in [6, 6.07) is 14.4. The van der Waals surface area contributed by atoms with Crippen LogP contribution in [0.4, 0.5) is 34.6 Å². The Bertz CT molecular complexity index is 1750. The number of hydrogen-bond acceptors (Lipinski definition) is 5. The van der Waals surface area contributed by atoms with Crippen molar-refractivity contribution in [1.82, 2.24) is 9.78 Å². The maximum atomic E-state index is 13.8. The third kappa shape index (κ3) is 7.24. The van der Waals surface area contributed by atoms with E-state index in [2.05, 4.69) is 27.6 Å². The smallest absolute Gasteiger partial charge is 0.408 e. The van der Waals surface area contributed by atoms with Gasteiger partial charge in [-0.2, -0.15) is 18.3 Å². The van der Waals surface area contributed by atoms with Gasteiger partial charge in [0.2, 0.25) is 0 Å². The molecule has 4 aromatic rings. The molecule has 1 saturated heterocycles. The molecule has 1 atom stereocenters. The number of anilines is 3. The SMILES string of the molecule is CCC1CCCCN1c1ccc(C(=O)Nc2ccc(F)cc2CC(=O)O)cc1NC(=O)c1nn(CC(F)(F)F)c2ccccc12. The van der Waals surface area contributed by atoms with E-state index in [0.717, 1.165) is 42.5 Å². The first-order chi connectivity index (χ1) is 21.4. The number of carbonyl (C=O) groups is 3. The molecule has 0 bridgehead atoms. The van der Waals surface area contributed by atoms with Gasteiger partial charge in [-0.1, -0.05) is 25.1 Å². The molecule has 2 heterocycles. The molecule has 236 valence electrons. The Labute approximate surface area is 255 Å². The number of nitrogens with zero attached hydrogens (tertiary/aromatic N) is 3. The van der Waals surface area contributed by atoms with Crippen LogP contribution in [0.1, 0.15) is 59.0 Å². The Balaban J connectivity index is 1.52. The minimum atomic E-state index is -4.56. The number of aliphatic carboxylic acids is 1. The minimum Gasteiger partial charge on any atom is -0.481 e. The number of benzene rings is 3. The van der Waals surface area contributed by atoms with Gasteiger partial charge in [-0.25, -0.2) is 4.39 Å². The number of piperidine rings is 1. The van der Waals surface area contributed by atoms with Crippen molar-refractivity contribution in [3.8, 4) is 0 Å². The summed E-state index contributed by atoms with van der Waals surface area (Å²) in [6.07, 6.45) is -1.37. The van der Waals surface area contributed by atoms with Crippen LogP contribution in [-0.2, 0) is 17.8 Å². The quantitative estimate of drug-likeness (QED) is 0.180. The number of hydrogen-bond donors (Lipinski definition) is 3. The van der Waals surface area contributed by atoms with E-state index in [1.807, 2.05) is 0 Å². The summed E-state index contributed by atoms with van der Waals surface area (Å²) in [5.74, 6) is -3.25. The molecule has 0 spiro atoms. The van der Waals surface area contributed by atoms with Crippen molar-refractivity contribution in [2.24, 2.45) is 0 Å². The fraction of sp³-hybridized carbons (Fsp3) is 0.312. The molecule has 1 aliphatic heterocycles. The molecule has 1 aliphatic rings. The lowest BCUT2D eigenvalue weighted by Crippen LogP contribution is -2.39. The average molecular weight is 626 g/mol. The van der Waals surface area contributed by atoms with Crippen LogP contribution in [0.5, 0.6) is 0 Å². The van der Waals surface area contributed by atoms with Crippen molar-refractivity contribution >= 4 is 45.7 Å². The number of carboxylic acids is 1. The van der Waals surface area contributed by atoms with Crippen LogP contribution in [0, 0.1) is 5.82 Å². The molecule has 1 unspecified atom stereocenters. The van der Waals surface area contributed by atoms with Crippen LogP contribution in [0.15, 0.2) is 60.7 Å². The first-order valence-electron chi connectivity index (χ1n) is 14.5. The van der Waals surface area contributed by atoms with Crippen LogP contribution >= 0.6 is 0 Å². The maximum Gasteiger partial charge on any atom is 0.408 e. The summed E-state index contributed by atoms with van der Waals surface area (Å²) in [5, 5.41) is 18.9. The highest BCUT2D eigenvalue weighted by molar-refractivity contribution is 6.13. The zero-order chi connectivity index (χ0) is 32.3. The predicted octanol–water partition coefficient (Wildman–Crippen LogP) is 6.64. The van der Waals surface area contributed by atoms with E-state index >= 15 is 0 Å². The molecule has 2 amide bonds. The fourth-order valence-electron chi connectivity index (χ4n) is 5.72. The number of fused-ring (bicyclic) bond motifs is 1. The molecular weight excluding hydrogens is 594 g/mol. The number of halogens is 4. The summed E-state index contributed by atoms with van der Waals surface area (Å²) in [5.41, 5.74) is 1.13. The Morgan fingerprint density at radius 1 is 0.978 bits per heavy atom. The van der Waals surface area contributed by atoms with Crippen molar-refractivity contribution in [3.05, 3.63) is 83.3 Å². The van der Waals surface area contributed by atoms with Gasteiger partial charge in [0.1, 0.15) is 12.4 Å². The van der Waals surface area contributed by atoms with Crippen molar-refractivity contribution in [1.29, 1.82) is 0 Å². The lowest BCUT2D eigenvalue weighted by molar-refractivity contribution is -0.142. The molecule has 45 heavy (non-hydrogen) atoms. The van der Waals surface area contributed by atoms with E-state index in [4.69, 9.17) is 0 Å². The van der Waals surface area contributed by atoms with Crippen LogP contribution in [0.2, 0.25) is 0 Å². The largest absolute Gasteiger partial charge is 0.481 e. The second-order valence-corrected chi connectivity index (χ2v) is 10.9. The highest BCUT2D eigenvalue weighted by atomic mass is 19.4. The Morgan fingerprint density at radius 3 is 2.47 bits per heavy atom. The normalized spacial score (nSPS) is 15.2. The monoisotopic (exact) mass is 625 g/mol. The summed E-state index contributed by atoms with van der Waals surface area (Å²) in [6.45, 7) is 1.38. The predicted molar refractivity (Wildman–Crippen MR) is 161 cm³/mol. The van der Waals surface area contributed by atoms with Crippen LogP contribution < -0.4 is 15.5 Å². The van der Waals surface area contributed by atoms with Gasteiger partial charge in [0.25, 0.3) is 11.8 Å². The van der Waals surface area contributed by atoms with E-state index < -0.39 is 42.7 Å². The van der Waals surface area contributed by atoms with Crippen LogP contribution in [0.3, 0.4) is 0 Å². The second-order valence-electron chi connectivity index (χ2n) is 10.9. The Morgan fingerprint density at radius 2 is 1.73 bits per heavy atom. The molecule has 0 aliphatic carbocycles. The number of rotatable bonds is 9. The molecule has 0 radical (unpaired) electrons. The average Bonchev–Trinajstić information content (AvgIpc) is 3.35. The van der Waals surface area contributed by atoms with Gasteiger partial charge < -0.3 is 20.6 Å². The molecule has 1 aromatic heterocycles. The fourth-order valence-corrected chi connectivity index (χ4v) is 5.72. The maximum absolute atomic E-state index is 13.8. The Kier molecular flexibility index (Phi) is 9.07. The van der Waals surface area contributed by atoms with Gasteiger partial charge in [0.15, 0.2) is 5.69 Å². The topological polar surface area (TPSA) is 117 Å². The second kappa shape index (κ2) is 13.0. The van der Waals surface area contributed by atoms with Crippen molar-refractivity contribution in [2.45, 2.75) is 57.8 Å². The number of carboxylic acid groups (broad SMARTS) is 1. The third-order valence-corrected chi connectivity index (χ3v) is 7.77. The highest BCUT2D eigenvalue weighted by Gasteiger charge is 2.31. The molecular formula is C32H31F4N5O4. The summed E-state index contributed by atoms with van der Waals surface area (Å²) in [7, 11) is 0. The Hall–Kier alpha value is -4.94. The molecule has 1 fully saturated rings. The van der Waals surface area contributed by atoms with Crippen LogP contribution in [0.25, 0.3) is 10.9 Å². The molecule has 0 saturated carbocycles. The first kappa shape index (κ1) is 31.5. The van der Waals surface area contributed by atoms with Gasteiger partial charge in [-0.05, 0) is 73.7 Å². The van der Waals surface area contributed by atoms with E-state index in [1.54, 1.807) is 24.3 Å². The zero-order valence-electron chi connectivity index (χ0n) is 24.3. The summed E-state index contributed by atoms with van der Waals surface area (Å²) in [4.78, 5) is 40.5. The number of carbonyl (C=O) groups excluding carboxylic acids is 2. The van der Waals surface area contributed by atoms with E-state index in [1.165, 1.54) is 24.3 Å². The summed E-state index contributed by atoms with van der Waals surface area (Å²) < 4.78 is 54.4. The molecule has 3 aromatic carbocycles. The van der Waals surface area contributed by atoms with E-state index in [9.17, 15) is 37.1 Å². The van der Waals surface area contributed by atoms with Crippen molar-refractivity contribution < 1.29 is 37.1 Å². The van der Waals surface area contributed by atoms with Gasteiger partial charge >= 0.3 is 12.1 Å².